The van der Waals surface area contributed by atoms with Gasteiger partial charge in [-0.25, -0.2) is 0 Å². The highest BCUT2D eigenvalue weighted by molar-refractivity contribution is 8.00. The van der Waals surface area contributed by atoms with Crippen molar-refractivity contribution in [2.45, 2.75) is 4.90 Å². The summed E-state index contributed by atoms with van der Waals surface area (Å²) in [7, 11) is 0. The molecule has 0 atom stereocenters. The van der Waals surface area contributed by atoms with E-state index in [0.29, 0.717) is 21.4 Å². The van der Waals surface area contributed by atoms with Crippen LogP contribution in [0.2, 0.25) is 10.0 Å². The van der Waals surface area contributed by atoms with E-state index in [1.54, 1.807) is 24.4 Å². The van der Waals surface area contributed by atoms with Crippen LogP contribution in [0.15, 0.2) is 59.6 Å². The molecule has 1 aromatic heterocycles. The van der Waals surface area contributed by atoms with Gasteiger partial charge in [0, 0.05) is 22.0 Å². The Labute approximate surface area is 142 Å². The van der Waals surface area contributed by atoms with E-state index in [2.05, 4.69) is 4.98 Å². The van der Waals surface area contributed by atoms with Crippen LogP contribution in [0.4, 0.5) is 0 Å². The first kappa shape index (κ1) is 15.3. The van der Waals surface area contributed by atoms with Gasteiger partial charge in [0.2, 0.25) is 0 Å². The van der Waals surface area contributed by atoms with Gasteiger partial charge < -0.3 is 0 Å². The van der Waals surface area contributed by atoms with Gasteiger partial charge in [-0.3, -0.25) is 9.78 Å². The average Bonchev–Trinajstić information content (AvgIpc) is 2.55. The van der Waals surface area contributed by atoms with Crippen LogP contribution in [0.25, 0.3) is 10.9 Å². The first-order chi connectivity index (χ1) is 10.6. The van der Waals surface area contributed by atoms with Crippen molar-refractivity contribution in [1.29, 1.82) is 0 Å². The molecule has 0 saturated carbocycles. The van der Waals surface area contributed by atoms with E-state index in [-0.39, 0.29) is 5.78 Å². The number of para-hydroxylation sites is 1. The maximum absolute atomic E-state index is 12.3. The molecule has 0 aliphatic rings. The van der Waals surface area contributed by atoms with Crippen molar-refractivity contribution in [3.8, 4) is 0 Å². The Balaban J connectivity index is 1.79. The first-order valence-electron chi connectivity index (χ1n) is 6.60. The maximum atomic E-state index is 12.3. The van der Waals surface area contributed by atoms with E-state index < -0.39 is 0 Å². The minimum Gasteiger partial charge on any atom is -0.293 e. The number of thioether (sulfide) groups is 1. The van der Waals surface area contributed by atoms with Crippen molar-refractivity contribution in [3.63, 3.8) is 0 Å². The summed E-state index contributed by atoms with van der Waals surface area (Å²) in [6.07, 6.45) is 1.76. The largest absolute Gasteiger partial charge is 0.293 e. The number of Topliss-reactive ketones (excluding diaryl/α,β-unsaturated/α-hetero) is 1. The van der Waals surface area contributed by atoms with Crippen LogP contribution in [0.1, 0.15) is 10.4 Å². The van der Waals surface area contributed by atoms with Crippen LogP contribution >= 0.6 is 35.0 Å². The molecule has 0 amide bonds. The van der Waals surface area contributed by atoms with Crippen LogP contribution in [-0.4, -0.2) is 16.5 Å². The molecule has 0 saturated heterocycles. The molecule has 2 nitrogen and oxygen atoms in total. The van der Waals surface area contributed by atoms with Crippen molar-refractivity contribution in [3.05, 3.63) is 70.3 Å². The smallest absolute Gasteiger partial charge is 0.173 e. The zero-order valence-corrected chi connectivity index (χ0v) is 13.8. The second kappa shape index (κ2) is 6.69. The number of hydrogen-bond donors (Lipinski definition) is 0. The molecule has 2 aromatic carbocycles. The van der Waals surface area contributed by atoms with Gasteiger partial charge in [0.25, 0.3) is 0 Å². The van der Waals surface area contributed by atoms with Crippen LogP contribution in [0.3, 0.4) is 0 Å². The number of carbonyl (C=O) groups is 1. The number of aromatic nitrogens is 1. The standard InChI is InChI=1S/C17H11Cl2NOS/c18-13-7-6-12(9-14(13)19)15(21)10-22-16-5-1-3-11-4-2-8-20-17(11)16/h1-9H,10H2. The number of nitrogens with zero attached hydrogens (tertiary/aromatic N) is 1. The molecule has 0 spiro atoms. The third kappa shape index (κ3) is 3.27. The number of pyridine rings is 1. The fraction of sp³-hybridized carbons (Fsp3) is 0.0588. The molecular weight excluding hydrogens is 337 g/mol. The van der Waals surface area contributed by atoms with Gasteiger partial charge in [-0.1, -0.05) is 41.4 Å². The summed E-state index contributed by atoms with van der Waals surface area (Å²) in [6, 6.07) is 14.8. The van der Waals surface area contributed by atoms with Crippen molar-refractivity contribution in [1.82, 2.24) is 4.98 Å². The number of benzene rings is 2. The monoisotopic (exact) mass is 347 g/mol. The Bertz CT molecular complexity index is 846. The summed E-state index contributed by atoms with van der Waals surface area (Å²) >= 11 is 13.3. The average molecular weight is 348 g/mol. The lowest BCUT2D eigenvalue weighted by atomic mass is 10.1. The van der Waals surface area contributed by atoms with Gasteiger partial charge in [0.05, 0.1) is 21.3 Å². The Morgan fingerprint density at radius 3 is 2.68 bits per heavy atom. The molecule has 22 heavy (non-hydrogen) atoms. The zero-order chi connectivity index (χ0) is 15.5. The highest BCUT2D eigenvalue weighted by atomic mass is 35.5. The zero-order valence-electron chi connectivity index (χ0n) is 11.4. The third-order valence-electron chi connectivity index (χ3n) is 3.20. The van der Waals surface area contributed by atoms with E-state index in [1.807, 2.05) is 30.3 Å². The molecule has 0 aliphatic heterocycles. The highest BCUT2D eigenvalue weighted by Crippen LogP contribution is 2.28. The van der Waals surface area contributed by atoms with Crippen molar-refractivity contribution in [2.24, 2.45) is 0 Å². The van der Waals surface area contributed by atoms with Gasteiger partial charge in [-0.05, 0) is 30.3 Å². The lowest BCUT2D eigenvalue weighted by Crippen LogP contribution is -2.02. The summed E-state index contributed by atoms with van der Waals surface area (Å²) in [4.78, 5) is 17.7. The predicted octanol–water partition coefficient (Wildman–Crippen LogP) is 5.52. The fourth-order valence-corrected chi connectivity index (χ4v) is 3.32. The van der Waals surface area contributed by atoms with Crippen molar-refractivity contribution < 1.29 is 4.79 Å². The van der Waals surface area contributed by atoms with E-state index >= 15 is 0 Å². The van der Waals surface area contributed by atoms with Gasteiger partial charge in [0.1, 0.15) is 0 Å². The van der Waals surface area contributed by atoms with Crippen LogP contribution < -0.4 is 0 Å². The lowest BCUT2D eigenvalue weighted by molar-refractivity contribution is 0.102. The topological polar surface area (TPSA) is 30.0 Å². The van der Waals surface area contributed by atoms with Crippen LogP contribution in [0, 0.1) is 0 Å². The van der Waals surface area contributed by atoms with Crippen LogP contribution in [0.5, 0.6) is 0 Å². The molecule has 0 N–H and O–H groups in total. The Kier molecular flexibility index (Phi) is 4.67. The quantitative estimate of drug-likeness (QED) is 0.460. The normalized spacial score (nSPS) is 10.8. The van der Waals surface area contributed by atoms with Gasteiger partial charge in [-0.15, -0.1) is 11.8 Å². The fourth-order valence-electron chi connectivity index (χ4n) is 2.09. The molecule has 0 unspecified atom stereocenters. The maximum Gasteiger partial charge on any atom is 0.173 e. The van der Waals surface area contributed by atoms with E-state index in [0.717, 1.165) is 15.8 Å². The molecule has 0 fully saturated rings. The summed E-state index contributed by atoms with van der Waals surface area (Å²) in [6.45, 7) is 0. The van der Waals surface area contributed by atoms with E-state index in [9.17, 15) is 4.79 Å². The second-order valence-corrected chi connectivity index (χ2v) is 6.50. The molecule has 3 aromatic rings. The van der Waals surface area contributed by atoms with Gasteiger partial charge >= 0.3 is 0 Å². The number of ketones is 1. The minimum atomic E-state index is 0.0106. The SMILES string of the molecule is O=C(CSc1cccc2cccnc12)c1ccc(Cl)c(Cl)c1. The van der Waals surface area contributed by atoms with Gasteiger partial charge in [0.15, 0.2) is 5.78 Å². The van der Waals surface area contributed by atoms with Crippen molar-refractivity contribution >= 4 is 51.6 Å². The van der Waals surface area contributed by atoms with E-state index in [1.165, 1.54) is 11.8 Å². The summed E-state index contributed by atoms with van der Waals surface area (Å²) in [5, 5.41) is 1.91. The molecule has 0 radical (unpaired) electrons. The van der Waals surface area contributed by atoms with E-state index in [4.69, 9.17) is 23.2 Å². The number of fused-ring (bicyclic) bond motifs is 1. The molecule has 0 bridgehead atoms. The third-order valence-corrected chi connectivity index (χ3v) is 4.98. The Morgan fingerprint density at radius 2 is 1.86 bits per heavy atom. The van der Waals surface area contributed by atoms with Gasteiger partial charge in [-0.2, -0.15) is 0 Å². The molecule has 1 heterocycles. The molecule has 5 heteroatoms. The number of halogens is 2. The molecule has 110 valence electrons. The number of carbonyl (C=O) groups excluding carboxylic acids is 1. The van der Waals surface area contributed by atoms with Crippen LogP contribution in [-0.2, 0) is 0 Å². The number of rotatable bonds is 4. The summed E-state index contributed by atoms with van der Waals surface area (Å²) in [5.74, 6) is 0.338. The molecule has 3 rings (SSSR count). The predicted molar refractivity (Wildman–Crippen MR) is 93.3 cm³/mol. The first-order valence-corrected chi connectivity index (χ1v) is 8.34. The Morgan fingerprint density at radius 1 is 1.05 bits per heavy atom. The summed E-state index contributed by atoms with van der Waals surface area (Å²) in [5.41, 5.74) is 1.48. The number of hydrogen-bond acceptors (Lipinski definition) is 3. The summed E-state index contributed by atoms with van der Waals surface area (Å²) < 4.78 is 0. The molecular formula is C17H11Cl2NOS. The Hall–Kier alpha value is -1.55. The minimum absolute atomic E-state index is 0.0106. The molecule has 0 aliphatic carbocycles. The second-order valence-electron chi connectivity index (χ2n) is 4.67. The highest BCUT2D eigenvalue weighted by Gasteiger charge is 2.10. The lowest BCUT2D eigenvalue weighted by Gasteiger charge is -2.06. The van der Waals surface area contributed by atoms with Crippen molar-refractivity contribution in [2.75, 3.05) is 5.75 Å².